The number of fused-ring (bicyclic) bond motifs is 1. The van der Waals surface area contributed by atoms with Crippen molar-refractivity contribution in [2.45, 2.75) is 45.3 Å². The van der Waals surface area contributed by atoms with Crippen LogP contribution >= 0.6 is 0 Å². The highest BCUT2D eigenvalue weighted by Crippen LogP contribution is 2.29. The van der Waals surface area contributed by atoms with Gasteiger partial charge in [0, 0.05) is 11.8 Å². The van der Waals surface area contributed by atoms with Gasteiger partial charge in [0.1, 0.15) is 0 Å². The van der Waals surface area contributed by atoms with E-state index < -0.39 is 8.07 Å². The first-order valence-electron chi connectivity index (χ1n) is 9.70. The van der Waals surface area contributed by atoms with Crippen molar-refractivity contribution in [1.29, 1.82) is 0 Å². The van der Waals surface area contributed by atoms with E-state index in [4.69, 9.17) is 4.98 Å². The van der Waals surface area contributed by atoms with Crippen LogP contribution in [-0.2, 0) is 12.8 Å². The molecule has 1 aliphatic carbocycles. The van der Waals surface area contributed by atoms with Gasteiger partial charge in [0.05, 0.1) is 13.8 Å². The van der Waals surface area contributed by atoms with Crippen molar-refractivity contribution in [2.75, 3.05) is 0 Å². The number of aryl methyl sites for hydroxylation is 2. The van der Waals surface area contributed by atoms with Crippen molar-refractivity contribution in [1.82, 2.24) is 4.98 Å². The average molecular weight is 358 g/mol. The quantitative estimate of drug-likeness (QED) is 0.537. The van der Waals surface area contributed by atoms with Gasteiger partial charge < -0.3 is 0 Å². The summed E-state index contributed by atoms with van der Waals surface area (Å²) in [4.78, 5) is 4.89. The molecule has 0 bridgehead atoms. The van der Waals surface area contributed by atoms with Gasteiger partial charge in [-0.1, -0.05) is 62.1 Å². The van der Waals surface area contributed by atoms with Gasteiger partial charge >= 0.3 is 0 Å². The molecule has 0 atom stereocenters. The van der Waals surface area contributed by atoms with Gasteiger partial charge in [0.2, 0.25) is 0 Å². The molecule has 2 aromatic carbocycles. The normalized spacial score (nSPS) is 14.1. The molecule has 3 aromatic rings. The van der Waals surface area contributed by atoms with Crippen LogP contribution in [0.15, 0.2) is 60.8 Å². The zero-order valence-electron chi connectivity index (χ0n) is 16.0. The maximum absolute atomic E-state index is 4.89. The Morgan fingerprint density at radius 1 is 0.769 bits per heavy atom. The Balaban J connectivity index is 1.84. The zero-order valence-corrected chi connectivity index (χ0v) is 17.0. The fourth-order valence-corrected chi connectivity index (χ4v) is 5.44. The Kier molecular flexibility index (Phi) is 4.54. The van der Waals surface area contributed by atoms with Crippen LogP contribution in [0.5, 0.6) is 0 Å². The topological polar surface area (TPSA) is 12.9 Å². The lowest BCUT2D eigenvalue weighted by Crippen LogP contribution is -2.39. The number of hydrogen-bond donors (Lipinski definition) is 0. The Hall–Kier alpha value is -2.19. The van der Waals surface area contributed by atoms with Gasteiger partial charge in [-0.25, -0.2) is 0 Å². The van der Waals surface area contributed by atoms with E-state index in [0.29, 0.717) is 0 Å². The van der Waals surface area contributed by atoms with Crippen molar-refractivity contribution in [3.8, 4) is 22.4 Å². The van der Waals surface area contributed by atoms with Crippen LogP contribution in [0.3, 0.4) is 0 Å². The van der Waals surface area contributed by atoms with Crippen LogP contribution in [0.1, 0.15) is 24.0 Å². The Labute approximate surface area is 158 Å². The third kappa shape index (κ3) is 3.39. The minimum Gasteiger partial charge on any atom is -0.256 e. The molecule has 1 aliphatic rings. The lowest BCUT2D eigenvalue weighted by Gasteiger charge is -2.22. The molecule has 4 rings (SSSR count). The molecule has 0 fully saturated rings. The average Bonchev–Trinajstić information content (AvgIpc) is 2.67. The lowest BCUT2D eigenvalue weighted by atomic mass is 9.89. The van der Waals surface area contributed by atoms with E-state index >= 15 is 0 Å². The summed E-state index contributed by atoms with van der Waals surface area (Å²) in [5.74, 6) is 0. The van der Waals surface area contributed by atoms with Crippen LogP contribution in [0, 0.1) is 0 Å². The first-order valence-corrected chi connectivity index (χ1v) is 13.2. The van der Waals surface area contributed by atoms with E-state index in [1.165, 1.54) is 58.7 Å². The zero-order chi connectivity index (χ0) is 18.1. The van der Waals surface area contributed by atoms with Crippen molar-refractivity contribution >= 4 is 13.3 Å². The second-order valence-electron chi connectivity index (χ2n) is 8.42. The maximum Gasteiger partial charge on any atom is 0.0804 e. The number of pyridine rings is 1. The van der Waals surface area contributed by atoms with E-state index in [-0.39, 0.29) is 0 Å². The monoisotopic (exact) mass is 357 g/mol. The highest BCUT2D eigenvalue weighted by atomic mass is 28.3. The predicted octanol–water partition coefficient (Wildman–Crippen LogP) is 5.84. The van der Waals surface area contributed by atoms with E-state index in [0.717, 1.165) is 5.69 Å². The van der Waals surface area contributed by atoms with Crippen LogP contribution in [0.2, 0.25) is 19.6 Å². The lowest BCUT2D eigenvalue weighted by molar-refractivity contribution is 0.686. The summed E-state index contributed by atoms with van der Waals surface area (Å²) in [7, 11) is -1.47. The molecular formula is C24H27NSi. The molecule has 0 radical (unpaired) electrons. The Morgan fingerprint density at radius 2 is 1.50 bits per heavy atom. The summed E-state index contributed by atoms with van der Waals surface area (Å²) in [6.07, 6.45) is 7.22. The molecule has 2 heteroatoms. The fraction of sp³-hybridized carbons (Fsp3) is 0.292. The number of aromatic nitrogens is 1. The van der Waals surface area contributed by atoms with Crippen LogP contribution in [0.4, 0.5) is 0 Å². The first-order chi connectivity index (χ1) is 12.5. The molecule has 0 aliphatic heterocycles. The smallest absolute Gasteiger partial charge is 0.0804 e. The molecule has 1 heterocycles. The number of hydrogen-bond acceptors (Lipinski definition) is 1. The number of benzene rings is 2. The van der Waals surface area contributed by atoms with Gasteiger partial charge in [-0.15, -0.1) is 0 Å². The molecule has 0 saturated carbocycles. The van der Waals surface area contributed by atoms with Crippen molar-refractivity contribution in [2.24, 2.45) is 0 Å². The van der Waals surface area contributed by atoms with Crippen LogP contribution in [0.25, 0.3) is 22.4 Å². The minimum atomic E-state index is -1.47. The highest BCUT2D eigenvalue weighted by Gasteiger charge is 2.22. The molecule has 0 amide bonds. The summed E-state index contributed by atoms with van der Waals surface area (Å²) in [5.41, 5.74) is 8.05. The van der Waals surface area contributed by atoms with Crippen molar-refractivity contribution in [3.63, 3.8) is 0 Å². The third-order valence-electron chi connectivity index (χ3n) is 5.44. The van der Waals surface area contributed by atoms with Crippen molar-refractivity contribution < 1.29 is 0 Å². The Bertz CT molecular complexity index is 923. The molecule has 0 unspecified atom stereocenters. The van der Waals surface area contributed by atoms with Gasteiger partial charge in [-0.2, -0.15) is 0 Å². The molecule has 26 heavy (non-hydrogen) atoms. The standard InChI is InChI=1S/C24H27NSi/c1-26(2,3)24-17-25-23(16-22(24)19-10-5-4-6-11-19)21-14-13-18-9-7-8-12-20(18)15-21/h4-6,10-11,13-17H,7-9,12H2,1-3H3. The van der Waals surface area contributed by atoms with E-state index in [1.54, 1.807) is 0 Å². The predicted molar refractivity (Wildman–Crippen MR) is 115 cm³/mol. The van der Waals surface area contributed by atoms with E-state index in [2.05, 4.69) is 80.4 Å². The molecule has 0 N–H and O–H groups in total. The third-order valence-corrected chi connectivity index (χ3v) is 7.46. The summed E-state index contributed by atoms with van der Waals surface area (Å²) in [6, 6.07) is 20.0. The second kappa shape index (κ2) is 6.84. The largest absolute Gasteiger partial charge is 0.256 e. The molecule has 0 saturated heterocycles. The van der Waals surface area contributed by atoms with Crippen LogP contribution < -0.4 is 5.19 Å². The molecule has 1 aromatic heterocycles. The molecule has 1 nitrogen and oxygen atoms in total. The van der Waals surface area contributed by atoms with Gasteiger partial charge in [0.25, 0.3) is 0 Å². The summed E-state index contributed by atoms with van der Waals surface area (Å²) < 4.78 is 0. The van der Waals surface area contributed by atoms with Gasteiger partial charge in [-0.3, -0.25) is 4.98 Å². The summed E-state index contributed by atoms with van der Waals surface area (Å²) >= 11 is 0. The minimum absolute atomic E-state index is 1.10. The SMILES string of the molecule is C[Si](C)(C)c1cnc(-c2ccc3c(c2)CCCC3)cc1-c1ccccc1. The van der Waals surface area contributed by atoms with Gasteiger partial charge in [-0.05, 0) is 65.3 Å². The number of nitrogens with zero attached hydrogens (tertiary/aromatic N) is 1. The molecule has 0 spiro atoms. The fourth-order valence-electron chi connectivity index (χ4n) is 3.96. The highest BCUT2D eigenvalue weighted by molar-refractivity contribution is 6.89. The maximum atomic E-state index is 4.89. The Morgan fingerprint density at radius 3 is 2.23 bits per heavy atom. The van der Waals surface area contributed by atoms with Crippen molar-refractivity contribution in [3.05, 3.63) is 71.9 Å². The summed E-state index contributed by atoms with van der Waals surface area (Å²) in [5, 5.41) is 1.44. The second-order valence-corrected chi connectivity index (χ2v) is 13.5. The van der Waals surface area contributed by atoms with Gasteiger partial charge in [0.15, 0.2) is 0 Å². The molecule has 132 valence electrons. The summed E-state index contributed by atoms with van der Waals surface area (Å²) in [6.45, 7) is 7.19. The van der Waals surface area contributed by atoms with Crippen LogP contribution in [-0.4, -0.2) is 13.1 Å². The first kappa shape index (κ1) is 17.2. The molecular weight excluding hydrogens is 330 g/mol. The van der Waals surface area contributed by atoms with E-state index in [1.807, 2.05) is 0 Å². The number of rotatable bonds is 3. The van der Waals surface area contributed by atoms with E-state index in [9.17, 15) is 0 Å².